The summed E-state index contributed by atoms with van der Waals surface area (Å²) in [5.74, 6) is -1.68. The molecule has 2 atom stereocenters. The van der Waals surface area contributed by atoms with E-state index >= 15 is 0 Å². The van der Waals surface area contributed by atoms with Gasteiger partial charge in [-0.15, -0.1) is 0 Å². The van der Waals surface area contributed by atoms with E-state index in [0.717, 1.165) is 33.3 Å². The largest absolute Gasteiger partial charge is 0.377 e. The standard InChI is InChI=1S/C22H23FN2O5S/c1-15-4-10-19(11-5-15)31(28,29)24(14-18-3-2-12-30-18)20-13-21(26)25(22(20)27)17-8-6-16(23)7-9-17/h4-11,18,20H,2-3,12-14H2,1H3. The van der Waals surface area contributed by atoms with Crippen molar-refractivity contribution < 1.29 is 27.1 Å². The third-order valence-electron chi connectivity index (χ3n) is 5.59. The predicted molar refractivity (Wildman–Crippen MR) is 111 cm³/mol. The molecule has 0 radical (unpaired) electrons. The molecular weight excluding hydrogens is 423 g/mol. The number of imide groups is 1. The van der Waals surface area contributed by atoms with Crippen LogP contribution in [0.15, 0.2) is 53.4 Å². The number of carbonyl (C=O) groups excluding carboxylic acids is 2. The van der Waals surface area contributed by atoms with Gasteiger partial charge in [-0.25, -0.2) is 17.7 Å². The van der Waals surface area contributed by atoms with Crippen LogP contribution in [0.3, 0.4) is 0 Å². The number of rotatable bonds is 6. The van der Waals surface area contributed by atoms with Gasteiger partial charge in [0.1, 0.15) is 11.9 Å². The van der Waals surface area contributed by atoms with Gasteiger partial charge in [0.15, 0.2) is 0 Å². The minimum Gasteiger partial charge on any atom is -0.377 e. The summed E-state index contributed by atoms with van der Waals surface area (Å²) in [6.07, 6.45) is 0.857. The van der Waals surface area contributed by atoms with Crippen LogP contribution in [0, 0.1) is 12.7 Å². The first-order chi connectivity index (χ1) is 14.8. The summed E-state index contributed by atoms with van der Waals surface area (Å²) < 4.78 is 47.0. The van der Waals surface area contributed by atoms with E-state index in [-0.39, 0.29) is 29.7 Å². The molecular formula is C22H23FN2O5S. The summed E-state index contributed by atoms with van der Waals surface area (Å²) in [5, 5.41) is 0. The van der Waals surface area contributed by atoms with Crippen molar-refractivity contribution in [3.63, 3.8) is 0 Å². The second-order valence-electron chi connectivity index (χ2n) is 7.79. The van der Waals surface area contributed by atoms with Crippen LogP contribution in [0.5, 0.6) is 0 Å². The Balaban J connectivity index is 1.69. The molecule has 0 N–H and O–H groups in total. The van der Waals surface area contributed by atoms with Gasteiger partial charge in [-0.2, -0.15) is 4.31 Å². The van der Waals surface area contributed by atoms with Crippen molar-refractivity contribution in [2.24, 2.45) is 0 Å². The maximum atomic E-state index is 13.5. The van der Waals surface area contributed by atoms with E-state index in [4.69, 9.17) is 4.74 Å². The third kappa shape index (κ3) is 4.26. The van der Waals surface area contributed by atoms with E-state index in [1.807, 2.05) is 6.92 Å². The van der Waals surface area contributed by atoms with Gasteiger partial charge in [-0.3, -0.25) is 9.59 Å². The Morgan fingerprint density at radius 1 is 1.10 bits per heavy atom. The molecule has 2 amide bonds. The number of aryl methyl sites for hydroxylation is 1. The van der Waals surface area contributed by atoms with E-state index in [1.165, 1.54) is 24.3 Å². The van der Waals surface area contributed by atoms with Gasteiger partial charge in [0.2, 0.25) is 15.9 Å². The predicted octanol–water partition coefficient (Wildman–Crippen LogP) is 2.64. The summed E-state index contributed by atoms with van der Waals surface area (Å²) in [5.41, 5.74) is 1.11. The molecule has 9 heteroatoms. The Hall–Kier alpha value is -2.62. The lowest BCUT2D eigenvalue weighted by molar-refractivity contribution is -0.122. The molecule has 2 fully saturated rings. The molecule has 0 saturated carbocycles. The van der Waals surface area contributed by atoms with Crippen molar-refractivity contribution in [3.8, 4) is 0 Å². The molecule has 2 aromatic carbocycles. The fraction of sp³-hybridized carbons (Fsp3) is 0.364. The maximum Gasteiger partial charge on any atom is 0.252 e. The minimum atomic E-state index is -4.06. The first kappa shape index (κ1) is 21.6. The number of ether oxygens (including phenoxy) is 1. The Kier molecular flexibility index (Phi) is 5.92. The lowest BCUT2D eigenvalue weighted by Crippen LogP contribution is -2.48. The van der Waals surface area contributed by atoms with Crippen LogP contribution in [0.2, 0.25) is 0 Å². The van der Waals surface area contributed by atoms with Crippen LogP contribution in [0.4, 0.5) is 10.1 Å². The lowest BCUT2D eigenvalue weighted by atomic mass is 10.2. The summed E-state index contributed by atoms with van der Waals surface area (Å²) >= 11 is 0. The number of halogens is 1. The SMILES string of the molecule is Cc1ccc(S(=O)(=O)N(CC2CCCO2)C2CC(=O)N(c3ccc(F)cc3)C2=O)cc1. The van der Waals surface area contributed by atoms with Crippen LogP contribution in [-0.4, -0.2) is 49.8 Å². The van der Waals surface area contributed by atoms with Gasteiger partial charge in [-0.1, -0.05) is 17.7 Å². The van der Waals surface area contributed by atoms with E-state index < -0.39 is 33.7 Å². The summed E-state index contributed by atoms with van der Waals surface area (Å²) in [7, 11) is -4.06. The number of amides is 2. The van der Waals surface area contributed by atoms with E-state index in [2.05, 4.69) is 0 Å². The van der Waals surface area contributed by atoms with Gasteiger partial charge in [0.05, 0.1) is 23.1 Å². The highest BCUT2D eigenvalue weighted by atomic mass is 32.2. The zero-order valence-electron chi connectivity index (χ0n) is 17.0. The Morgan fingerprint density at radius 3 is 2.39 bits per heavy atom. The fourth-order valence-electron chi connectivity index (χ4n) is 3.93. The van der Waals surface area contributed by atoms with Crippen molar-refractivity contribution in [2.45, 2.75) is 43.2 Å². The van der Waals surface area contributed by atoms with Gasteiger partial charge in [0, 0.05) is 13.2 Å². The highest BCUT2D eigenvalue weighted by Crippen LogP contribution is 2.31. The van der Waals surface area contributed by atoms with Gasteiger partial charge < -0.3 is 4.74 Å². The van der Waals surface area contributed by atoms with Crippen molar-refractivity contribution in [3.05, 3.63) is 59.9 Å². The van der Waals surface area contributed by atoms with Crippen molar-refractivity contribution in [1.82, 2.24) is 4.31 Å². The average molecular weight is 447 g/mol. The number of benzene rings is 2. The molecule has 0 bridgehead atoms. The van der Waals surface area contributed by atoms with Crippen molar-refractivity contribution >= 4 is 27.5 Å². The van der Waals surface area contributed by atoms with Crippen LogP contribution in [0.1, 0.15) is 24.8 Å². The topological polar surface area (TPSA) is 84.0 Å². The number of nitrogens with zero attached hydrogens (tertiary/aromatic N) is 2. The average Bonchev–Trinajstić information content (AvgIpc) is 3.35. The first-order valence-electron chi connectivity index (χ1n) is 10.1. The van der Waals surface area contributed by atoms with Gasteiger partial charge >= 0.3 is 0 Å². The normalized spacial score (nSPS) is 22.0. The molecule has 2 aliphatic rings. The number of hydrogen-bond acceptors (Lipinski definition) is 5. The van der Waals surface area contributed by atoms with E-state index in [1.54, 1.807) is 12.1 Å². The summed E-state index contributed by atoms with van der Waals surface area (Å²) in [4.78, 5) is 26.9. The molecule has 4 rings (SSSR count). The van der Waals surface area contributed by atoms with Gasteiger partial charge in [0.25, 0.3) is 5.91 Å². The molecule has 0 spiro atoms. The molecule has 2 saturated heterocycles. The monoisotopic (exact) mass is 446 g/mol. The van der Waals surface area contributed by atoms with Gasteiger partial charge in [-0.05, 0) is 56.2 Å². The highest BCUT2D eigenvalue weighted by molar-refractivity contribution is 7.89. The van der Waals surface area contributed by atoms with E-state index in [0.29, 0.717) is 13.0 Å². The van der Waals surface area contributed by atoms with E-state index in [9.17, 15) is 22.4 Å². The number of hydrogen-bond donors (Lipinski definition) is 0. The van der Waals surface area contributed by atoms with Crippen LogP contribution in [-0.2, 0) is 24.3 Å². The van der Waals surface area contributed by atoms with Crippen molar-refractivity contribution in [1.29, 1.82) is 0 Å². The molecule has 0 aliphatic carbocycles. The molecule has 164 valence electrons. The quantitative estimate of drug-likeness (QED) is 0.637. The maximum absolute atomic E-state index is 13.5. The molecule has 7 nitrogen and oxygen atoms in total. The second-order valence-corrected chi connectivity index (χ2v) is 9.68. The highest BCUT2D eigenvalue weighted by Gasteiger charge is 2.47. The number of sulfonamides is 1. The molecule has 0 aromatic heterocycles. The Morgan fingerprint density at radius 2 is 1.77 bits per heavy atom. The Labute approximate surface area is 180 Å². The lowest BCUT2D eigenvalue weighted by Gasteiger charge is -2.29. The molecule has 2 unspecified atom stereocenters. The zero-order chi connectivity index (χ0) is 22.2. The second kappa shape index (κ2) is 8.49. The smallest absolute Gasteiger partial charge is 0.252 e. The molecule has 2 heterocycles. The first-order valence-corrected chi connectivity index (χ1v) is 11.5. The Bertz CT molecular complexity index is 1080. The minimum absolute atomic E-state index is 0.0167. The summed E-state index contributed by atoms with van der Waals surface area (Å²) in [6, 6.07) is 10.1. The van der Waals surface area contributed by atoms with Crippen molar-refractivity contribution in [2.75, 3.05) is 18.1 Å². The fourth-order valence-corrected chi connectivity index (χ4v) is 5.54. The number of carbonyl (C=O) groups is 2. The number of anilines is 1. The molecule has 2 aliphatic heterocycles. The van der Waals surface area contributed by atoms with Crippen LogP contribution < -0.4 is 4.90 Å². The third-order valence-corrected chi connectivity index (χ3v) is 7.48. The van der Waals surface area contributed by atoms with Crippen LogP contribution >= 0.6 is 0 Å². The zero-order valence-corrected chi connectivity index (χ0v) is 17.8. The molecule has 2 aromatic rings. The molecule has 31 heavy (non-hydrogen) atoms. The summed E-state index contributed by atoms with van der Waals surface area (Å²) in [6.45, 7) is 2.36. The van der Waals surface area contributed by atoms with Crippen LogP contribution in [0.25, 0.3) is 0 Å².